The van der Waals surface area contributed by atoms with Crippen LogP contribution in [0.25, 0.3) is 0 Å². The Bertz CT molecular complexity index is 455. The molecule has 0 spiro atoms. The molecule has 1 aliphatic rings. The van der Waals surface area contributed by atoms with Gasteiger partial charge in [-0.3, -0.25) is 9.69 Å². The number of halogens is 1. The molecule has 1 aromatic carbocycles. The van der Waals surface area contributed by atoms with E-state index < -0.39 is 6.10 Å². The van der Waals surface area contributed by atoms with Crippen molar-refractivity contribution < 1.29 is 19.0 Å². The van der Waals surface area contributed by atoms with E-state index in [0.717, 1.165) is 31.5 Å². The van der Waals surface area contributed by atoms with Crippen LogP contribution in [0.1, 0.15) is 31.4 Å². The molecule has 1 heterocycles. The van der Waals surface area contributed by atoms with Gasteiger partial charge in [-0.05, 0) is 56.5 Å². The van der Waals surface area contributed by atoms with Crippen molar-refractivity contribution in [2.75, 3.05) is 26.2 Å². The Labute approximate surface area is 124 Å². The summed E-state index contributed by atoms with van der Waals surface area (Å²) >= 11 is 0. The van der Waals surface area contributed by atoms with Gasteiger partial charge < -0.3 is 9.84 Å². The summed E-state index contributed by atoms with van der Waals surface area (Å²) in [6, 6.07) is 6.00. The Balaban J connectivity index is 1.83. The van der Waals surface area contributed by atoms with Gasteiger partial charge in [0.25, 0.3) is 0 Å². The minimum Gasteiger partial charge on any atom is -0.465 e. The van der Waals surface area contributed by atoms with Crippen molar-refractivity contribution in [1.82, 2.24) is 4.90 Å². The van der Waals surface area contributed by atoms with Crippen LogP contribution in [0.2, 0.25) is 0 Å². The molecule has 0 saturated carbocycles. The smallest absolute Gasteiger partial charge is 0.320 e. The number of hydrogen-bond donors (Lipinski definition) is 1. The highest BCUT2D eigenvalue weighted by Gasteiger charge is 2.27. The number of carbonyl (C=O) groups excluding carboxylic acids is 1. The second kappa shape index (κ2) is 7.52. The van der Waals surface area contributed by atoms with Crippen molar-refractivity contribution in [1.29, 1.82) is 0 Å². The fraction of sp³-hybridized carbons (Fsp3) is 0.562. The van der Waals surface area contributed by atoms with Crippen LogP contribution in [0.15, 0.2) is 24.3 Å². The molecular formula is C16H22FNO3. The molecule has 4 nitrogen and oxygen atoms in total. The first-order valence-corrected chi connectivity index (χ1v) is 7.41. The Morgan fingerprint density at radius 2 is 2.00 bits per heavy atom. The summed E-state index contributed by atoms with van der Waals surface area (Å²) < 4.78 is 17.8. The molecule has 1 unspecified atom stereocenters. The lowest BCUT2D eigenvalue weighted by molar-refractivity contribution is -0.144. The Kier molecular flexibility index (Phi) is 5.70. The molecule has 0 amide bonds. The molecule has 21 heavy (non-hydrogen) atoms. The second-order valence-electron chi connectivity index (χ2n) is 5.41. The summed E-state index contributed by atoms with van der Waals surface area (Å²) in [4.78, 5) is 13.5. The van der Waals surface area contributed by atoms with Gasteiger partial charge in [0.15, 0.2) is 0 Å². The molecule has 1 atom stereocenters. The third kappa shape index (κ3) is 4.51. The summed E-state index contributed by atoms with van der Waals surface area (Å²) in [6.07, 6.45) is 1.06. The first kappa shape index (κ1) is 15.9. The second-order valence-corrected chi connectivity index (χ2v) is 5.41. The van der Waals surface area contributed by atoms with Crippen LogP contribution in [0.3, 0.4) is 0 Å². The van der Waals surface area contributed by atoms with Crippen LogP contribution in [-0.2, 0) is 9.53 Å². The van der Waals surface area contributed by atoms with Crippen molar-refractivity contribution in [3.63, 3.8) is 0 Å². The number of benzene rings is 1. The van der Waals surface area contributed by atoms with Crippen LogP contribution >= 0.6 is 0 Å². The highest BCUT2D eigenvalue weighted by Crippen LogP contribution is 2.30. The summed E-state index contributed by atoms with van der Waals surface area (Å²) in [5, 5.41) is 10.4. The lowest BCUT2D eigenvalue weighted by Crippen LogP contribution is -2.39. The topological polar surface area (TPSA) is 49.8 Å². The average Bonchev–Trinajstić information content (AvgIpc) is 2.48. The van der Waals surface area contributed by atoms with Gasteiger partial charge in [-0.25, -0.2) is 4.39 Å². The molecule has 0 radical (unpaired) electrons. The number of hydrogen-bond acceptors (Lipinski definition) is 4. The van der Waals surface area contributed by atoms with E-state index in [1.807, 2.05) is 4.90 Å². The van der Waals surface area contributed by atoms with Crippen molar-refractivity contribution in [2.45, 2.75) is 25.9 Å². The molecule has 0 aromatic heterocycles. The minimum atomic E-state index is -0.574. The summed E-state index contributed by atoms with van der Waals surface area (Å²) in [6.45, 7) is 4.04. The van der Waals surface area contributed by atoms with Crippen LogP contribution in [0.4, 0.5) is 4.39 Å². The highest BCUT2D eigenvalue weighted by molar-refractivity contribution is 5.71. The zero-order valence-corrected chi connectivity index (χ0v) is 12.3. The minimum absolute atomic E-state index is 0.147. The van der Waals surface area contributed by atoms with Gasteiger partial charge in [-0.1, -0.05) is 12.1 Å². The van der Waals surface area contributed by atoms with E-state index in [-0.39, 0.29) is 17.7 Å². The third-order valence-corrected chi connectivity index (χ3v) is 3.95. The van der Waals surface area contributed by atoms with E-state index in [1.54, 1.807) is 19.1 Å². The largest absolute Gasteiger partial charge is 0.465 e. The quantitative estimate of drug-likeness (QED) is 0.846. The lowest BCUT2D eigenvalue weighted by atomic mass is 9.87. The molecule has 1 aromatic rings. The first-order valence-electron chi connectivity index (χ1n) is 7.41. The van der Waals surface area contributed by atoms with Crippen LogP contribution in [0, 0.1) is 11.7 Å². The van der Waals surface area contributed by atoms with Crippen molar-refractivity contribution in [2.24, 2.45) is 5.92 Å². The standard InChI is InChI=1S/C16H22FNO3/c1-2-21-15(19)11-18-9-7-13(8-10-18)16(20)12-3-5-14(17)6-4-12/h3-6,13,16,20H,2,7-11H2,1H3. The molecular weight excluding hydrogens is 273 g/mol. The average molecular weight is 295 g/mol. The number of ether oxygens (including phenoxy) is 1. The van der Waals surface area contributed by atoms with Gasteiger partial charge in [-0.15, -0.1) is 0 Å². The van der Waals surface area contributed by atoms with E-state index >= 15 is 0 Å². The van der Waals surface area contributed by atoms with Crippen LogP contribution in [0.5, 0.6) is 0 Å². The molecule has 1 aliphatic heterocycles. The van der Waals surface area contributed by atoms with Crippen LogP contribution < -0.4 is 0 Å². The molecule has 2 rings (SSSR count). The Morgan fingerprint density at radius 1 is 1.38 bits per heavy atom. The SMILES string of the molecule is CCOC(=O)CN1CCC(C(O)c2ccc(F)cc2)CC1. The number of nitrogens with zero attached hydrogens (tertiary/aromatic N) is 1. The molecule has 0 aliphatic carbocycles. The number of aliphatic hydroxyl groups excluding tert-OH is 1. The highest BCUT2D eigenvalue weighted by atomic mass is 19.1. The molecule has 1 saturated heterocycles. The third-order valence-electron chi connectivity index (χ3n) is 3.95. The van der Waals surface area contributed by atoms with Gasteiger partial charge in [-0.2, -0.15) is 0 Å². The number of aliphatic hydroxyl groups is 1. The zero-order chi connectivity index (χ0) is 15.2. The monoisotopic (exact) mass is 295 g/mol. The number of esters is 1. The molecule has 1 fully saturated rings. The Morgan fingerprint density at radius 3 is 2.57 bits per heavy atom. The first-order chi connectivity index (χ1) is 10.1. The zero-order valence-electron chi connectivity index (χ0n) is 12.3. The van der Waals surface area contributed by atoms with E-state index in [9.17, 15) is 14.3 Å². The normalized spacial score (nSPS) is 18.4. The fourth-order valence-electron chi connectivity index (χ4n) is 2.75. The number of likely N-dealkylation sites (tertiary alicyclic amines) is 1. The molecule has 0 bridgehead atoms. The summed E-state index contributed by atoms with van der Waals surface area (Å²) in [5.41, 5.74) is 0.750. The van der Waals surface area contributed by atoms with Crippen LogP contribution in [-0.4, -0.2) is 42.2 Å². The van der Waals surface area contributed by atoms with E-state index in [0.29, 0.717) is 13.2 Å². The van der Waals surface area contributed by atoms with Gasteiger partial charge in [0.05, 0.1) is 19.3 Å². The van der Waals surface area contributed by atoms with E-state index in [4.69, 9.17) is 4.74 Å². The molecule has 5 heteroatoms. The summed E-state index contributed by atoms with van der Waals surface area (Å²) in [7, 11) is 0. The van der Waals surface area contributed by atoms with Gasteiger partial charge in [0.1, 0.15) is 5.82 Å². The molecule has 1 N–H and O–H groups in total. The fourth-order valence-corrected chi connectivity index (χ4v) is 2.75. The van der Waals surface area contributed by atoms with Crippen molar-refractivity contribution >= 4 is 5.97 Å². The van der Waals surface area contributed by atoms with E-state index in [1.165, 1.54) is 12.1 Å². The lowest BCUT2D eigenvalue weighted by Gasteiger charge is -2.33. The summed E-state index contributed by atoms with van der Waals surface area (Å²) in [5.74, 6) is -0.348. The maximum Gasteiger partial charge on any atom is 0.320 e. The van der Waals surface area contributed by atoms with Gasteiger partial charge in [0.2, 0.25) is 0 Å². The number of carbonyl (C=O) groups is 1. The van der Waals surface area contributed by atoms with Gasteiger partial charge >= 0.3 is 5.97 Å². The predicted octanol–water partition coefficient (Wildman–Crippen LogP) is 2.13. The number of rotatable bonds is 5. The van der Waals surface area contributed by atoms with Crippen molar-refractivity contribution in [3.05, 3.63) is 35.6 Å². The maximum absolute atomic E-state index is 12.9. The van der Waals surface area contributed by atoms with E-state index in [2.05, 4.69) is 0 Å². The molecule has 116 valence electrons. The Hall–Kier alpha value is -1.46. The van der Waals surface area contributed by atoms with Gasteiger partial charge in [0, 0.05) is 0 Å². The maximum atomic E-state index is 12.9. The predicted molar refractivity (Wildman–Crippen MR) is 77.2 cm³/mol. The van der Waals surface area contributed by atoms with Crippen molar-refractivity contribution in [3.8, 4) is 0 Å². The number of piperidine rings is 1.